The average molecular weight is 317 g/mol. The number of para-hydroxylation sites is 2. The van der Waals surface area contributed by atoms with Crippen molar-refractivity contribution in [2.24, 2.45) is 0 Å². The lowest BCUT2D eigenvalue weighted by Gasteiger charge is -2.19. The van der Waals surface area contributed by atoms with Gasteiger partial charge in [0, 0.05) is 24.0 Å². The number of imidazole rings is 1. The quantitative estimate of drug-likeness (QED) is 0.567. The monoisotopic (exact) mass is 317 g/mol. The maximum absolute atomic E-state index is 13.4. The van der Waals surface area contributed by atoms with Gasteiger partial charge in [-0.25, -0.2) is 9.37 Å². The van der Waals surface area contributed by atoms with Crippen molar-refractivity contribution in [1.29, 1.82) is 0 Å². The first-order chi connectivity index (χ1) is 11.7. The van der Waals surface area contributed by atoms with E-state index in [0.29, 0.717) is 0 Å². The van der Waals surface area contributed by atoms with E-state index in [-0.39, 0.29) is 5.82 Å². The van der Waals surface area contributed by atoms with Crippen LogP contribution in [0.3, 0.4) is 0 Å². The molecule has 0 unspecified atom stereocenters. The van der Waals surface area contributed by atoms with Crippen LogP contribution in [0.4, 0.5) is 15.8 Å². The molecular weight excluding hydrogens is 301 g/mol. The van der Waals surface area contributed by atoms with Crippen LogP contribution >= 0.6 is 0 Å². The van der Waals surface area contributed by atoms with Crippen molar-refractivity contribution < 1.29 is 4.39 Å². The Morgan fingerprint density at radius 2 is 1.67 bits per heavy atom. The Morgan fingerprint density at radius 1 is 0.875 bits per heavy atom. The third-order valence-electron chi connectivity index (χ3n) is 4.11. The van der Waals surface area contributed by atoms with E-state index in [4.69, 9.17) is 0 Å². The van der Waals surface area contributed by atoms with Crippen LogP contribution in [0, 0.1) is 5.82 Å². The molecule has 0 bridgehead atoms. The molecule has 0 saturated carbocycles. The number of fused-ring (bicyclic) bond motifs is 1. The minimum atomic E-state index is -0.238. The number of aromatic nitrogens is 2. The molecule has 4 rings (SSSR count). The summed E-state index contributed by atoms with van der Waals surface area (Å²) in [7, 11) is 1.92. The summed E-state index contributed by atoms with van der Waals surface area (Å²) >= 11 is 0. The first-order valence-corrected chi connectivity index (χ1v) is 7.75. The molecule has 0 amide bonds. The van der Waals surface area contributed by atoms with E-state index in [0.717, 1.165) is 33.8 Å². The lowest BCUT2D eigenvalue weighted by molar-refractivity contribution is 0.628. The maximum atomic E-state index is 13.4. The summed E-state index contributed by atoms with van der Waals surface area (Å²) in [6.45, 7) is 0. The Kier molecular flexibility index (Phi) is 3.50. The van der Waals surface area contributed by atoms with Crippen LogP contribution in [-0.2, 0) is 0 Å². The molecule has 3 nitrogen and oxygen atoms in total. The number of anilines is 2. The van der Waals surface area contributed by atoms with Crippen LogP contribution in [0.1, 0.15) is 0 Å². The van der Waals surface area contributed by atoms with Crippen LogP contribution in [0.25, 0.3) is 22.4 Å². The zero-order valence-electron chi connectivity index (χ0n) is 13.2. The van der Waals surface area contributed by atoms with E-state index < -0.39 is 0 Å². The highest BCUT2D eigenvalue weighted by Gasteiger charge is 2.08. The van der Waals surface area contributed by atoms with Gasteiger partial charge in [-0.3, -0.25) is 0 Å². The lowest BCUT2D eigenvalue weighted by Crippen LogP contribution is -2.09. The topological polar surface area (TPSA) is 31.9 Å². The maximum Gasteiger partial charge on any atom is 0.138 e. The van der Waals surface area contributed by atoms with E-state index in [1.54, 1.807) is 6.07 Å². The fraction of sp³-hybridized carbons (Fsp3) is 0.0500. The van der Waals surface area contributed by atoms with Gasteiger partial charge >= 0.3 is 0 Å². The minimum absolute atomic E-state index is 0.238. The number of nitrogens with one attached hydrogen (secondary N) is 1. The predicted molar refractivity (Wildman–Crippen MR) is 96.0 cm³/mol. The van der Waals surface area contributed by atoms with E-state index in [1.807, 2.05) is 66.5 Å². The smallest absolute Gasteiger partial charge is 0.138 e. The molecule has 0 aliphatic heterocycles. The van der Waals surface area contributed by atoms with E-state index in [2.05, 4.69) is 9.97 Å². The minimum Gasteiger partial charge on any atom is -0.345 e. The van der Waals surface area contributed by atoms with Crippen molar-refractivity contribution in [3.63, 3.8) is 0 Å². The van der Waals surface area contributed by atoms with Crippen molar-refractivity contribution >= 4 is 22.4 Å². The van der Waals surface area contributed by atoms with Crippen molar-refractivity contribution in [3.8, 4) is 11.4 Å². The Labute approximate surface area is 139 Å². The fourth-order valence-electron chi connectivity index (χ4n) is 2.77. The van der Waals surface area contributed by atoms with E-state index in [9.17, 15) is 4.39 Å². The molecule has 1 aromatic heterocycles. The predicted octanol–water partition coefficient (Wildman–Crippen LogP) is 5.14. The van der Waals surface area contributed by atoms with Gasteiger partial charge in [-0.05, 0) is 54.6 Å². The van der Waals surface area contributed by atoms with Crippen molar-refractivity contribution in [2.75, 3.05) is 11.9 Å². The van der Waals surface area contributed by atoms with Gasteiger partial charge in [0.25, 0.3) is 0 Å². The Morgan fingerprint density at radius 3 is 2.42 bits per heavy atom. The SMILES string of the molecule is CN(c1ccc(-c2nc3ccccc3[nH]2)cc1)c1cccc(F)c1. The number of halogens is 1. The summed E-state index contributed by atoms with van der Waals surface area (Å²) in [5.74, 6) is 0.606. The van der Waals surface area contributed by atoms with E-state index >= 15 is 0 Å². The Hall–Kier alpha value is -3.14. The van der Waals surface area contributed by atoms with Crippen molar-refractivity contribution in [2.45, 2.75) is 0 Å². The van der Waals surface area contributed by atoms with Gasteiger partial charge in [-0.2, -0.15) is 0 Å². The lowest BCUT2D eigenvalue weighted by atomic mass is 10.1. The second-order valence-corrected chi connectivity index (χ2v) is 5.69. The van der Waals surface area contributed by atoms with Crippen molar-refractivity contribution in [3.05, 3.63) is 78.6 Å². The summed E-state index contributed by atoms with van der Waals surface area (Å²) in [6.07, 6.45) is 0. The zero-order chi connectivity index (χ0) is 16.5. The molecule has 3 aromatic carbocycles. The number of nitrogens with zero attached hydrogens (tertiary/aromatic N) is 2. The second kappa shape index (κ2) is 5.81. The van der Waals surface area contributed by atoms with Crippen LogP contribution < -0.4 is 4.90 Å². The van der Waals surface area contributed by atoms with Gasteiger partial charge in [0.05, 0.1) is 11.0 Å². The fourth-order valence-corrected chi connectivity index (χ4v) is 2.77. The number of aromatic amines is 1. The molecule has 0 aliphatic rings. The summed E-state index contributed by atoms with van der Waals surface area (Å²) in [4.78, 5) is 9.88. The molecule has 4 heteroatoms. The molecule has 118 valence electrons. The van der Waals surface area contributed by atoms with Gasteiger partial charge in [-0.15, -0.1) is 0 Å². The molecule has 1 N–H and O–H groups in total. The molecule has 0 saturated heterocycles. The molecule has 0 spiro atoms. The average Bonchev–Trinajstić information content (AvgIpc) is 3.05. The molecule has 0 aliphatic carbocycles. The summed E-state index contributed by atoms with van der Waals surface area (Å²) in [5, 5.41) is 0. The van der Waals surface area contributed by atoms with Gasteiger partial charge in [0.15, 0.2) is 0 Å². The van der Waals surface area contributed by atoms with Crippen LogP contribution in [0.5, 0.6) is 0 Å². The first kappa shape index (κ1) is 14.5. The third kappa shape index (κ3) is 2.63. The van der Waals surface area contributed by atoms with Gasteiger partial charge < -0.3 is 9.88 Å². The molecule has 4 aromatic rings. The standard InChI is InChI=1S/C20H16FN3/c1-24(17-6-4-5-15(21)13-17)16-11-9-14(10-12-16)20-22-18-7-2-3-8-19(18)23-20/h2-13H,1H3,(H,22,23). The molecule has 24 heavy (non-hydrogen) atoms. The molecule has 0 radical (unpaired) electrons. The number of hydrogen-bond donors (Lipinski definition) is 1. The van der Waals surface area contributed by atoms with Crippen molar-refractivity contribution in [1.82, 2.24) is 9.97 Å². The van der Waals surface area contributed by atoms with Gasteiger partial charge in [0.1, 0.15) is 11.6 Å². The van der Waals surface area contributed by atoms with Crippen LogP contribution in [-0.4, -0.2) is 17.0 Å². The summed E-state index contributed by atoms with van der Waals surface area (Å²) < 4.78 is 13.4. The number of hydrogen-bond acceptors (Lipinski definition) is 2. The number of H-pyrrole nitrogens is 1. The van der Waals surface area contributed by atoms with E-state index in [1.165, 1.54) is 12.1 Å². The van der Waals surface area contributed by atoms with Gasteiger partial charge in [-0.1, -0.05) is 18.2 Å². The largest absolute Gasteiger partial charge is 0.345 e. The highest BCUT2D eigenvalue weighted by molar-refractivity contribution is 5.79. The first-order valence-electron chi connectivity index (χ1n) is 7.75. The third-order valence-corrected chi connectivity index (χ3v) is 4.11. The van der Waals surface area contributed by atoms with Crippen LogP contribution in [0.15, 0.2) is 72.8 Å². The second-order valence-electron chi connectivity index (χ2n) is 5.69. The summed E-state index contributed by atoms with van der Waals surface area (Å²) in [5.41, 5.74) is 4.79. The normalized spacial score (nSPS) is 10.9. The Balaban J connectivity index is 1.64. The Bertz CT molecular complexity index is 956. The molecular formula is C20H16FN3. The number of benzene rings is 3. The van der Waals surface area contributed by atoms with Crippen LogP contribution in [0.2, 0.25) is 0 Å². The highest BCUT2D eigenvalue weighted by Crippen LogP contribution is 2.27. The molecule has 1 heterocycles. The molecule has 0 atom stereocenters. The summed E-state index contributed by atoms with van der Waals surface area (Å²) in [6, 6.07) is 22.6. The molecule has 0 fully saturated rings. The highest BCUT2D eigenvalue weighted by atomic mass is 19.1. The number of rotatable bonds is 3. The zero-order valence-corrected chi connectivity index (χ0v) is 13.2. The van der Waals surface area contributed by atoms with Gasteiger partial charge in [0.2, 0.25) is 0 Å².